The van der Waals surface area contributed by atoms with E-state index in [2.05, 4.69) is 0 Å². The van der Waals surface area contributed by atoms with Gasteiger partial charge in [0.05, 0.1) is 0 Å². The Morgan fingerprint density at radius 3 is 1.79 bits per heavy atom. The smallest absolute Gasteiger partial charge is 0.349 e. The van der Waals surface area contributed by atoms with E-state index in [1.165, 1.54) is 0 Å². The molecule has 0 saturated carbocycles. The molecule has 1 atom stereocenters. The van der Waals surface area contributed by atoms with Crippen LogP contribution < -0.4 is 0 Å². The van der Waals surface area contributed by atoms with E-state index < -0.39 is 28.9 Å². The topological polar surface area (TPSA) is 55.8 Å². The summed E-state index contributed by atoms with van der Waals surface area (Å²) in [7, 11) is -3.83. The van der Waals surface area contributed by atoms with E-state index in [0.717, 1.165) is 0 Å². The molecule has 0 aromatic rings. The van der Waals surface area contributed by atoms with Crippen molar-refractivity contribution in [3.8, 4) is 0 Å². The Morgan fingerprint density at radius 2 is 1.50 bits per heavy atom. The molecule has 0 fully saturated rings. The highest BCUT2D eigenvalue weighted by Gasteiger charge is 2.29. The van der Waals surface area contributed by atoms with Crippen molar-refractivity contribution >= 4 is 22.6 Å². The van der Waals surface area contributed by atoms with Crippen molar-refractivity contribution in [1.29, 1.82) is 0 Å². The van der Waals surface area contributed by atoms with E-state index in [0.29, 0.717) is 0 Å². The normalized spacial score (nSPS) is 15.1. The van der Waals surface area contributed by atoms with E-state index in [-0.39, 0.29) is 0 Å². The van der Waals surface area contributed by atoms with Crippen molar-refractivity contribution in [2.45, 2.75) is 45.6 Å². The second-order valence-corrected chi connectivity index (χ2v) is 14.0. The summed E-state index contributed by atoms with van der Waals surface area (Å²) in [6, 6.07) is 0. The summed E-state index contributed by atoms with van der Waals surface area (Å²) < 4.78 is 10.3. The van der Waals surface area contributed by atoms with Gasteiger partial charge in [0.2, 0.25) is 14.6 Å². The predicted octanol–water partition coefficient (Wildman–Crippen LogP) is 1.53. The van der Waals surface area contributed by atoms with E-state index in [9.17, 15) is 9.90 Å². The summed E-state index contributed by atoms with van der Waals surface area (Å²) in [6.45, 7) is 11.3. The molecule has 0 aromatic carbocycles. The molecule has 0 rings (SSSR count). The van der Waals surface area contributed by atoms with Gasteiger partial charge in [-0.15, -0.1) is 0 Å². The summed E-state index contributed by atoms with van der Waals surface area (Å²) in [5.41, 5.74) is 0. The number of aliphatic hydroxyl groups excluding tert-OH is 1. The predicted molar refractivity (Wildman–Crippen MR) is 59.9 cm³/mol. The molecule has 0 aliphatic carbocycles. The number of hydrogen-bond acceptors (Lipinski definition) is 4. The highest BCUT2D eigenvalue weighted by atomic mass is 28.4. The standard InChI is InChI=1S/C8H20O4Si2/c1-13(2,3)11-7(9)8(10)12-14(4,5)6/h7,9H,1-6H3. The van der Waals surface area contributed by atoms with Crippen molar-refractivity contribution < 1.29 is 18.8 Å². The first-order valence-corrected chi connectivity index (χ1v) is 11.4. The molecular weight excluding hydrogens is 216 g/mol. The minimum absolute atomic E-state index is 0.661. The van der Waals surface area contributed by atoms with Crippen molar-refractivity contribution in [3.63, 3.8) is 0 Å². The van der Waals surface area contributed by atoms with Gasteiger partial charge in [-0.2, -0.15) is 0 Å². The molecule has 4 nitrogen and oxygen atoms in total. The highest BCUT2D eigenvalue weighted by molar-refractivity contribution is 6.71. The first-order valence-electron chi connectivity index (χ1n) is 4.60. The Bertz CT molecular complexity index is 204. The van der Waals surface area contributed by atoms with Crippen LogP contribution in [0.1, 0.15) is 0 Å². The van der Waals surface area contributed by atoms with Crippen LogP contribution in [0.2, 0.25) is 39.3 Å². The quantitative estimate of drug-likeness (QED) is 0.594. The van der Waals surface area contributed by atoms with Gasteiger partial charge in [0, 0.05) is 0 Å². The molecule has 0 spiro atoms. The van der Waals surface area contributed by atoms with Crippen LogP contribution in [0.4, 0.5) is 0 Å². The van der Waals surface area contributed by atoms with E-state index >= 15 is 0 Å². The maximum absolute atomic E-state index is 11.3. The number of carbonyl (C=O) groups excluding carboxylic acids is 1. The highest BCUT2D eigenvalue weighted by Crippen LogP contribution is 2.10. The molecule has 1 unspecified atom stereocenters. The molecule has 0 aliphatic rings. The molecule has 0 aliphatic heterocycles. The van der Waals surface area contributed by atoms with Gasteiger partial charge >= 0.3 is 5.97 Å². The van der Waals surface area contributed by atoms with Crippen molar-refractivity contribution in [2.75, 3.05) is 0 Å². The third-order valence-corrected chi connectivity index (χ3v) is 2.82. The monoisotopic (exact) mass is 236 g/mol. The van der Waals surface area contributed by atoms with Crippen LogP contribution in [0, 0.1) is 0 Å². The van der Waals surface area contributed by atoms with Gasteiger partial charge in [0.25, 0.3) is 0 Å². The second-order valence-electron chi connectivity index (χ2n) is 5.12. The minimum atomic E-state index is -1.93. The van der Waals surface area contributed by atoms with Gasteiger partial charge in [-0.25, -0.2) is 4.79 Å². The first-order chi connectivity index (χ1) is 6.01. The summed E-state index contributed by atoms with van der Waals surface area (Å²) in [5, 5.41) is 9.38. The van der Waals surface area contributed by atoms with E-state index in [1.54, 1.807) is 0 Å². The largest absolute Gasteiger partial charge is 0.516 e. The van der Waals surface area contributed by atoms with Crippen LogP contribution in [-0.4, -0.2) is 34.0 Å². The van der Waals surface area contributed by atoms with Gasteiger partial charge in [-0.3, -0.25) is 0 Å². The third kappa shape index (κ3) is 7.25. The van der Waals surface area contributed by atoms with Crippen LogP contribution >= 0.6 is 0 Å². The van der Waals surface area contributed by atoms with Gasteiger partial charge in [0.1, 0.15) is 0 Å². The second kappa shape index (κ2) is 4.56. The zero-order valence-electron chi connectivity index (χ0n) is 9.75. The lowest BCUT2D eigenvalue weighted by molar-refractivity contribution is -0.160. The van der Waals surface area contributed by atoms with Gasteiger partial charge < -0.3 is 14.0 Å². The Hall–Kier alpha value is -0.176. The molecule has 0 amide bonds. The van der Waals surface area contributed by atoms with E-state index in [1.807, 2.05) is 39.3 Å². The lowest BCUT2D eigenvalue weighted by Gasteiger charge is -2.24. The average Bonchev–Trinajstić information content (AvgIpc) is 1.78. The Balaban J connectivity index is 4.15. The first kappa shape index (κ1) is 13.8. The fourth-order valence-corrected chi connectivity index (χ4v) is 2.21. The molecule has 6 heteroatoms. The van der Waals surface area contributed by atoms with Crippen LogP contribution in [0.25, 0.3) is 0 Å². The summed E-state index contributed by atoms with van der Waals surface area (Å²) in [4.78, 5) is 11.3. The fourth-order valence-electron chi connectivity index (χ4n) is 0.735. The maximum atomic E-state index is 11.3. The van der Waals surface area contributed by atoms with Crippen LogP contribution in [0.3, 0.4) is 0 Å². The Labute approximate surface area is 87.5 Å². The van der Waals surface area contributed by atoms with Gasteiger partial charge in [-0.1, -0.05) is 0 Å². The molecule has 0 bridgehead atoms. The fraction of sp³-hybridized carbons (Fsp3) is 0.875. The molecule has 84 valence electrons. The third-order valence-electron chi connectivity index (χ3n) is 1.07. The van der Waals surface area contributed by atoms with Crippen LogP contribution in [0.5, 0.6) is 0 Å². The molecule has 0 aromatic heterocycles. The maximum Gasteiger partial charge on any atom is 0.349 e. The number of aliphatic hydroxyl groups is 1. The molecule has 0 radical (unpaired) electrons. The zero-order valence-corrected chi connectivity index (χ0v) is 11.7. The minimum Gasteiger partial charge on any atom is -0.516 e. The molecular formula is C8H20O4Si2. The van der Waals surface area contributed by atoms with E-state index in [4.69, 9.17) is 8.85 Å². The SMILES string of the molecule is C[Si](C)(C)OC(=O)C(O)O[Si](C)(C)C. The van der Waals surface area contributed by atoms with Crippen molar-refractivity contribution in [2.24, 2.45) is 0 Å². The molecule has 1 N–H and O–H groups in total. The molecule has 14 heavy (non-hydrogen) atoms. The number of hydrogen-bond donors (Lipinski definition) is 1. The number of rotatable bonds is 4. The Morgan fingerprint density at radius 1 is 1.07 bits per heavy atom. The summed E-state index contributed by atoms with van der Waals surface area (Å²) >= 11 is 0. The molecule has 0 saturated heterocycles. The molecule has 0 heterocycles. The summed E-state index contributed by atoms with van der Waals surface area (Å²) in [5.74, 6) is -0.661. The van der Waals surface area contributed by atoms with Crippen LogP contribution in [0.15, 0.2) is 0 Å². The Kier molecular flexibility index (Phi) is 4.50. The summed E-state index contributed by atoms with van der Waals surface area (Å²) in [6.07, 6.45) is -1.42. The van der Waals surface area contributed by atoms with Crippen molar-refractivity contribution in [3.05, 3.63) is 0 Å². The van der Waals surface area contributed by atoms with Gasteiger partial charge in [0.15, 0.2) is 8.32 Å². The average molecular weight is 236 g/mol. The van der Waals surface area contributed by atoms with Crippen LogP contribution in [-0.2, 0) is 13.6 Å². The van der Waals surface area contributed by atoms with Gasteiger partial charge in [-0.05, 0) is 39.3 Å². The lowest BCUT2D eigenvalue weighted by atomic mass is 10.7. The number of carbonyl (C=O) groups is 1. The van der Waals surface area contributed by atoms with Crippen molar-refractivity contribution in [1.82, 2.24) is 0 Å². The lowest BCUT2D eigenvalue weighted by Crippen LogP contribution is -2.41. The zero-order chi connectivity index (χ0) is 11.6.